The fourth-order valence-electron chi connectivity index (χ4n) is 5.95. The molecule has 232 valence electrons. The van der Waals surface area contributed by atoms with Crippen molar-refractivity contribution in [3.63, 3.8) is 0 Å². The summed E-state index contributed by atoms with van der Waals surface area (Å²) >= 11 is 2.19. The van der Waals surface area contributed by atoms with E-state index >= 15 is 26.3 Å². The Balaban J connectivity index is 1.32. The molecule has 7 rings (SSSR count). The van der Waals surface area contributed by atoms with Crippen LogP contribution < -0.4 is 10.6 Å². The molecule has 2 aromatic heterocycles. The lowest BCUT2D eigenvalue weighted by atomic mass is 9.94. The molecule has 45 heavy (non-hydrogen) atoms. The lowest BCUT2D eigenvalue weighted by Gasteiger charge is -2.25. The van der Waals surface area contributed by atoms with Gasteiger partial charge in [-0.2, -0.15) is 26.3 Å². The molecule has 2 N–H and O–H groups in total. The van der Waals surface area contributed by atoms with Crippen molar-refractivity contribution < 1.29 is 26.3 Å². The van der Waals surface area contributed by atoms with E-state index in [4.69, 9.17) is 0 Å². The predicted octanol–water partition coefficient (Wildman–Crippen LogP) is 8.29. The number of aryl methyl sites for hydroxylation is 2. The maximum atomic E-state index is 15.7. The van der Waals surface area contributed by atoms with Gasteiger partial charge in [0.15, 0.2) is 0 Å². The van der Waals surface area contributed by atoms with E-state index < -0.39 is 28.9 Å². The maximum absolute atomic E-state index is 15.7. The maximum Gasteiger partial charge on any atom is 0.380 e. The van der Waals surface area contributed by atoms with Gasteiger partial charge in [0.05, 0.1) is 13.1 Å². The van der Waals surface area contributed by atoms with E-state index in [0.717, 1.165) is 58.6 Å². The van der Waals surface area contributed by atoms with Crippen molar-refractivity contribution in [2.24, 2.45) is 9.98 Å². The predicted molar refractivity (Wildman–Crippen MR) is 169 cm³/mol. The summed E-state index contributed by atoms with van der Waals surface area (Å²) in [5.74, 6) is -14.4. The number of allylic oxidation sites excluding steroid dienone is 2. The average molecular weight is 657 g/mol. The van der Waals surface area contributed by atoms with E-state index in [0.29, 0.717) is 34.0 Å². The highest BCUT2D eigenvalue weighted by Gasteiger charge is 2.80. The van der Waals surface area contributed by atoms with Crippen LogP contribution in [0.4, 0.5) is 26.3 Å². The molecule has 3 aliphatic rings. The second-order valence-electron chi connectivity index (χ2n) is 11.1. The number of thiophene rings is 2. The first-order valence-electron chi connectivity index (χ1n) is 14.3. The van der Waals surface area contributed by atoms with Crippen molar-refractivity contribution in [1.82, 2.24) is 10.6 Å². The molecule has 2 aliphatic heterocycles. The third kappa shape index (κ3) is 4.63. The first kappa shape index (κ1) is 29.8. The van der Waals surface area contributed by atoms with Gasteiger partial charge in [-0.1, -0.05) is 48.5 Å². The summed E-state index contributed by atoms with van der Waals surface area (Å²) in [5.41, 5.74) is -0.279. The zero-order valence-electron chi connectivity index (χ0n) is 24.1. The van der Waals surface area contributed by atoms with Gasteiger partial charge in [-0.3, -0.25) is 9.98 Å². The number of halogens is 6. The zero-order valence-corrected chi connectivity index (χ0v) is 25.7. The number of nitrogens with zero attached hydrogens (tertiary/aromatic N) is 2. The summed E-state index contributed by atoms with van der Waals surface area (Å²) in [4.78, 5) is 10.2. The Hall–Kier alpha value is -3.90. The summed E-state index contributed by atoms with van der Waals surface area (Å²) in [7, 11) is 0. The van der Waals surface area contributed by atoms with Crippen LogP contribution >= 0.6 is 22.7 Å². The van der Waals surface area contributed by atoms with Crippen molar-refractivity contribution in [2.75, 3.05) is 26.2 Å². The molecule has 0 atom stereocenters. The molecule has 0 amide bonds. The number of alkyl halides is 6. The van der Waals surface area contributed by atoms with Crippen LogP contribution in [0.25, 0.3) is 32.0 Å². The van der Waals surface area contributed by atoms with Crippen LogP contribution in [-0.4, -0.2) is 55.6 Å². The van der Waals surface area contributed by atoms with Gasteiger partial charge in [0, 0.05) is 54.9 Å². The minimum atomic E-state index is -5.62. The monoisotopic (exact) mass is 656 g/mol. The Labute approximate surface area is 263 Å². The molecule has 4 aromatic rings. The lowest BCUT2D eigenvalue weighted by molar-refractivity contribution is -0.254. The number of rotatable bonds is 6. The molecule has 0 saturated carbocycles. The SMILES string of the molecule is Cc1sc(-c2ccc(C3=NCCN3)cc2)cc1C1=C(c2cc(-c3ccc(C4=NCCN4)cc3)sc2C)C(F)(F)C(F)(F)C1(F)F. The summed E-state index contributed by atoms with van der Waals surface area (Å²) in [6, 6.07) is 17.0. The van der Waals surface area contributed by atoms with E-state index in [-0.39, 0.29) is 20.9 Å². The van der Waals surface area contributed by atoms with Crippen LogP contribution in [-0.2, 0) is 0 Å². The van der Waals surface area contributed by atoms with Gasteiger partial charge in [-0.05, 0) is 48.2 Å². The standard InChI is InChI=1S/C33H26F6N4S2/c1-17-23(15-25(44-17)19-3-7-21(8-4-19)29-40-11-12-41-29)27-28(32(36,37)33(38,39)31(27,34)35)24-16-26(45-18(24)2)20-5-9-22(10-6-20)30-42-13-14-43-30/h3-10,15-16H,11-14H2,1-2H3,(H,40,41)(H,42,43). The second-order valence-corrected chi connectivity index (χ2v) is 13.6. The number of amidine groups is 2. The van der Waals surface area contributed by atoms with Crippen LogP contribution in [0.5, 0.6) is 0 Å². The van der Waals surface area contributed by atoms with E-state index in [9.17, 15) is 0 Å². The first-order valence-corrected chi connectivity index (χ1v) is 15.9. The van der Waals surface area contributed by atoms with Gasteiger partial charge in [0.25, 0.3) is 0 Å². The molecule has 1 aliphatic carbocycles. The van der Waals surface area contributed by atoms with E-state index in [1.807, 2.05) is 24.3 Å². The van der Waals surface area contributed by atoms with Gasteiger partial charge in [-0.15, -0.1) is 22.7 Å². The summed E-state index contributed by atoms with van der Waals surface area (Å²) in [6.07, 6.45) is 0. The molecule has 0 unspecified atom stereocenters. The van der Waals surface area contributed by atoms with Gasteiger partial charge >= 0.3 is 17.8 Å². The highest BCUT2D eigenvalue weighted by atomic mass is 32.1. The van der Waals surface area contributed by atoms with Gasteiger partial charge in [0.1, 0.15) is 11.7 Å². The quantitative estimate of drug-likeness (QED) is 0.205. The highest BCUT2D eigenvalue weighted by molar-refractivity contribution is 7.16. The van der Waals surface area contributed by atoms with Crippen LogP contribution in [0, 0.1) is 13.8 Å². The fraction of sp³-hybridized carbons (Fsp3) is 0.273. The van der Waals surface area contributed by atoms with Crippen molar-refractivity contribution in [2.45, 2.75) is 31.6 Å². The minimum absolute atomic E-state index is 0.240. The van der Waals surface area contributed by atoms with Crippen LogP contribution in [0.2, 0.25) is 0 Å². The molecule has 0 spiro atoms. The minimum Gasteiger partial charge on any atom is -0.368 e. The van der Waals surface area contributed by atoms with Gasteiger partial charge in [-0.25, -0.2) is 0 Å². The molecule has 4 heterocycles. The van der Waals surface area contributed by atoms with Crippen LogP contribution in [0.15, 0.2) is 70.6 Å². The fourth-order valence-corrected chi connectivity index (χ4v) is 8.01. The summed E-state index contributed by atoms with van der Waals surface area (Å²) < 4.78 is 92.9. The van der Waals surface area contributed by atoms with Crippen molar-refractivity contribution in [1.29, 1.82) is 0 Å². The zero-order chi connectivity index (χ0) is 31.7. The Morgan fingerprint density at radius 2 is 0.933 bits per heavy atom. The van der Waals surface area contributed by atoms with Crippen molar-refractivity contribution in [3.8, 4) is 20.9 Å². The third-order valence-electron chi connectivity index (χ3n) is 8.27. The van der Waals surface area contributed by atoms with Gasteiger partial charge in [0.2, 0.25) is 0 Å². The molecule has 12 heteroatoms. The highest BCUT2D eigenvalue weighted by Crippen LogP contribution is 2.66. The molecule has 0 saturated heterocycles. The first-order chi connectivity index (χ1) is 21.4. The molecular weight excluding hydrogens is 631 g/mol. The Morgan fingerprint density at radius 3 is 1.27 bits per heavy atom. The lowest BCUT2D eigenvalue weighted by Crippen LogP contribution is -2.48. The van der Waals surface area contributed by atoms with E-state index in [2.05, 4.69) is 20.6 Å². The number of aliphatic imine (C=N–C) groups is 2. The van der Waals surface area contributed by atoms with E-state index in [1.165, 1.54) is 26.0 Å². The van der Waals surface area contributed by atoms with Crippen molar-refractivity contribution in [3.05, 3.63) is 92.7 Å². The Bertz CT molecular complexity index is 1760. The molecule has 0 bridgehead atoms. The summed E-state index contributed by atoms with van der Waals surface area (Å²) in [5, 5.41) is 6.34. The molecule has 0 fully saturated rings. The van der Waals surface area contributed by atoms with Crippen LogP contribution in [0.1, 0.15) is 32.0 Å². The Kier molecular flexibility index (Phi) is 7.01. The average Bonchev–Trinajstić information content (AvgIpc) is 3.85. The number of hydrogen-bond acceptors (Lipinski definition) is 6. The normalized spacial score (nSPS) is 19.8. The van der Waals surface area contributed by atoms with Crippen LogP contribution in [0.3, 0.4) is 0 Å². The smallest absolute Gasteiger partial charge is 0.368 e. The second kappa shape index (κ2) is 10.6. The topological polar surface area (TPSA) is 48.8 Å². The third-order valence-corrected chi connectivity index (χ3v) is 10.5. The van der Waals surface area contributed by atoms with Crippen molar-refractivity contribution >= 4 is 45.5 Å². The molecular formula is C33H26F6N4S2. The number of benzene rings is 2. The Morgan fingerprint density at radius 1 is 0.578 bits per heavy atom. The number of hydrogen-bond donors (Lipinski definition) is 2. The largest absolute Gasteiger partial charge is 0.380 e. The van der Waals surface area contributed by atoms with Gasteiger partial charge < -0.3 is 10.6 Å². The molecule has 4 nitrogen and oxygen atoms in total. The molecule has 0 radical (unpaired) electrons. The molecule has 2 aromatic carbocycles. The van der Waals surface area contributed by atoms with E-state index in [1.54, 1.807) is 24.3 Å². The number of nitrogens with one attached hydrogen (secondary N) is 2. The summed E-state index contributed by atoms with van der Waals surface area (Å²) in [6.45, 7) is 5.77.